The van der Waals surface area contributed by atoms with Crippen LogP contribution in [0, 0.1) is 6.92 Å². The maximum absolute atomic E-state index is 5.58. The molecule has 0 bridgehead atoms. The third-order valence-corrected chi connectivity index (χ3v) is 3.86. The molecule has 0 saturated carbocycles. The van der Waals surface area contributed by atoms with Crippen LogP contribution in [0.25, 0.3) is 0 Å². The summed E-state index contributed by atoms with van der Waals surface area (Å²) in [5.41, 5.74) is 1.55. The Morgan fingerprint density at radius 1 is 1.37 bits per heavy atom. The van der Waals surface area contributed by atoms with Crippen LogP contribution in [0.1, 0.15) is 43.5 Å². The van der Waals surface area contributed by atoms with Crippen LogP contribution in [0.2, 0.25) is 0 Å². The Bertz CT molecular complexity index is 455. The fourth-order valence-corrected chi connectivity index (χ4v) is 2.81. The van der Waals surface area contributed by atoms with Crippen molar-refractivity contribution in [1.82, 2.24) is 15.1 Å². The minimum absolute atomic E-state index is 0.109. The van der Waals surface area contributed by atoms with E-state index < -0.39 is 0 Å². The third-order valence-electron chi connectivity index (χ3n) is 3.86. The van der Waals surface area contributed by atoms with Crippen molar-refractivity contribution in [2.24, 2.45) is 0 Å². The largest absolute Gasteiger partial charge is 0.424 e. The Labute approximate surface area is 113 Å². The molecule has 5 nitrogen and oxygen atoms in total. The lowest BCUT2D eigenvalue weighted by Gasteiger charge is -2.34. The van der Waals surface area contributed by atoms with Gasteiger partial charge in [-0.25, -0.2) is 0 Å². The smallest absolute Gasteiger partial charge is 0.235 e. The van der Waals surface area contributed by atoms with Crippen molar-refractivity contribution in [1.29, 1.82) is 0 Å². The van der Waals surface area contributed by atoms with Crippen molar-refractivity contribution < 1.29 is 9.15 Å². The van der Waals surface area contributed by atoms with Crippen molar-refractivity contribution in [3.8, 4) is 0 Å². The van der Waals surface area contributed by atoms with E-state index in [4.69, 9.17) is 9.15 Å². The van der Waals surface area contributed by atoms with Gasteiger partial charge in [-0.1, -0.05) is 11.6 Å². The molecule has 1 fully saturated rings. The summed E-state index contributed by atoms with van der Waals surface area (Å²) in [6.07, 6.45) is 7.51. The van der Waals surface area contributed by atoms with Gasteiger partial charge in [0.1, 0.15) is 6.04 Å². The van der Waals surface area contributed by atoms with Gasteiger partial charge in [0.05, 0.1) is 13.2 Å². The van der Waals surface area contributed by atoms with Gasteiger partial charge in [-0.05, 0) is 25.7 Å². The third kappa shape index (κ3) is 3.04. The molecule has 19 heavy (non-hydrogen) atoms. The summed E-state index contributed by atoms with van der Waals surface area (Å²) in [5, 5.41) is 8.08. The summed E-state index contributed by atoms with van der Waals surface area (Å²) in [6, 6.07) is 0.109. The predicted molar refractivity (Wildman–Crippen MR) is 70.7 cm³/mol. The standard InChI is InChI=1S/C14H21N3O2/c1-11-15-16-14(19-11)13-10-18-8-7-17(13)9-12-5-3-2-4-6-12/h5,13H,2-4,6-10H2,1H3. The van der Waals surface area contributed by atoms with Crippen LogP contribution < -0.4 is 0 Å². The van der Waals surface area contributed by atoms with Gasteiger partial charge < -0.3 is 9.15 Å². The summed E-state index contributed by atoms with van der Waals surface area (Å²) >= 11 is 0. The van der Waals surface area contributed by atoms with Crippen LogP contribution in [0.5, 0.6) is 0 Å². The molecule has 2 aliphatic rings. The molecule has 0 spiro atoms. The highest BCUT2D eigenvalue weighted by Gasteiger charge is 2.29. The van der Waals surface area contributed by atoms with Crippen LogP contribution in [-0.4, -0.2) is 41.4 Å². The first-order valence-corrected chi connectivity index (χ1v) is 7.12. The number of aromatic nitrogens is 2. The number of nitrogens with zero attached hydrogens (tertiary/aromatic N) is 3. The average Bonchev–Trinajstić information content (AvgIpc) is 2.87. The van der Waals surface area contributed by atoms with Crippen LogP contribution in [-0.2, 0) is 4.74 Å². The molecule has 1 aromatic heterocycles. The van der Waals surface area contributed by atoms with Gasteiger partial charge in [0, 0.05) is 20.0 Å². The Hall–Kier alpha value is -1.20. The Morgan fingerprint density at radius 3 is 3.05 bits per heavy atom. The summed E-state index contributed by atoms with van der Waals surface area (Å²) in [7, 11) is 0. The number of rotatable bonds is 3. The molecule has 0 radical (unpaired) electrons. The highest BCUT2D eigenvalue weighted by Crippen LogP contribution is 2.26. The van der Waals surface area contributed by atoms with Crippen LogP contribution in [0.4, 0.5) is 0 Å². The first-order chi connectivity index (χ1) is 9.33. The van der Waals surface area contributed by atoms with Crippen molar-refractivity contribution in [3.05, 3.63) is 23.4 Å². The molecule has 0 N–H and O–H groups in total. The Balaban J connectivity index is 1.71. The molecule has 1 unspecified atom stereocenters. The highest BCUT2D eigenvalue weighted by atomic mass is 16.5. The number of hydrogen-bond acceptors (Lipinski definition) is 5. The first-order valence-electron chi connectivity index (χ1n) is 7.12. The topological polar surface area (TPSA) is 51.4 Å². The molecule has 0 aromatic carbocycles. The van der Waals surface area contributed by atoms with E-state index in [9.17, 15) is 0 Å². The highest BCUT2D eigenvalue weighted by molar-refractivity contribution is 5.09. The molecule has 1 saturated heterocycles. The van der Waals surface area contributed by atoms with Crippen molar-refractivity contribution in [3.63, 3.8) is 0 Å². The minimum Gasteiger partial charge on any atom is -0.424 e. The second-order valence-corrected chi connectivity index (χ2v) is 5.33. The fraction of sp³-hybridized carbons (Fsp3) is 0.714. The molecule has 2 heterocycles. The van der Waals surface area contributed by atoms with E-state index in [0.717, 1.165) is 19.7 Å². The molecule has 0 amide bonds. The maximum Gasteiger partial charge on any atom is 0.235 e. The molecule has 104 valence electrons. The molecular weight excluding hydrogens is 242 g/mol. The van der Waals surface area contributed by atoms with Gasteiger partial charge in [0.2, 0.25) is 11.8 Å². The number of hydrogen-bond donors (Lipinski definition) is 0. The lowest BCUT2D eigenvalue weighted by molar-refractivity contribution is -0.0142. The normalized spacial score (nSPS) is 25.3. The number of ether oxygens (including phenoxy) is 1. The van der Waals surface area contributed by atoms with E-state index in [1.54, 1.807) is 5.57 Å². The van der Waals surface area contributed by atoms with E-state index in [1.807, 2.05) is 6.92 Å². The predicted octanol–water partition coefficient (Wildman–Crippen LogP) is 2.25. The quantitative estimate of drug-likeness (QED) is 0.783. The second kappa shape index (κ2) is 5.84. The molecule has 1 aromatic rings. The minimum atomic E-state index is 0.109. The van der Waals surface area contributed by atoms with Crippen molar-refractivity contribution in [2.75, 3.05) is 26.3 Å². The van der Waals surface area contributed by atoms with E-state index in [1.165, 1.54) is 25.7 Å². The molecule has 5 heteroatoms. The summed E-state index contributed by atoms with van der Waals surface area (Å²) in [6.45, 7) is 5.21. The maximum atomic E-state index is 5.58. The first kappa shape index (κ1) is 12.8. The van der Waals surface area contributed by atoms with Gasteiger partial charge >= 0.3 is 0 Å². The fourth-order valence-electron chi connectivity index (χ4n) is 2.81. The molecular formula is C14H21N3O2. The number of morpholine rings is 1. The van der Waals surface area contributed by atoms with Crippen LogP contribution in [0.15, 0.2) is 16.1 Å². The zero-order chi connectivity index (χ0) is 13.1. The zero-order valence-electron chi connectivity index (χ0n) is 11.5. The van der Waals surface area contributed by atoms with E-state index >= 15 is 0 Å². The lowest BCUT2D eigenvalue weighted by Crippen LogP contribution is -2.40. The van der Waals surface area contributed by atoms with E-state index in [-0.39, 0.29) is 6.04 Å². The van der Waals surface area contributed by atoms with Crippen LogP contribution >= 0.6 is 0 Å². The van der Waals surface area contributed by atoms with Gasteiger partial charge in [-0.2, -0.15) is 0 Å². The van der Waals surface area contributed by atoms with Crippen molar-refractivity contribution in [2.45, 2.75) is 38.6 Å². The monoisotopic (exact) mass is 263 g/mol. The van der Waals surface area contributed by atoms with Crippen molar-refractivity contribution >= 4 is 0 Å². The summed E-state index contributed by atoms with van der Waals surface area (Å²) in [5.74, 6) is 1.31. The summed E-state index contributed by atoms with van der Waals surface area (Å²) in [4.78, 5) is 2.41. The Kier molecular flexibility index (Phi) is 3.94. The van der Waals surface area contributed by atoms with E-state index in [0.29, 0.717) is 18.4 Å². The molecule has 1 atom stereocenters. The average molecular weight is 263 g/mol. The van der Waals surface area contributed by atoms with Crippen LogP contribution in [0.3, 0.4) is 0 Å². The Morgan fingerprint density at radius 2 is 2.32 bits per heavy atom. The lowest BCUT2D eigenvalue weighted by atomic mass is 9.98. The van der Waals surface area contributed by atoms with Gasteiger partial charge in [-0.15, -0.1) is 10.2 Å². The molecule has 1 aliphatic heterocycles. The summed E-state index contributed by atoms with van der Waals surface area (Å²) < 4.78 is 11.2. The van der Waals surface area contributed by atoms with Gasteiger partial charge in [0.25, 0.3) is 0 Å². The number of allylic oxidation sites excluding steroid dienone is 1. The van der Waals surface area contributed by atoms with Gasteiger partial charge in [-0.3, -0.25) is 4.90 Å². The van der Waals surface area contributed by atoms with E-state index in [2.05, 4.69) is 21.2 Å². The van der Waals surface area contributed by atoms with Gasteiger partial charge in [0.15, 0.2) is 0 Å². The zero-order valence-corrected chi connectivity index (χ0v) is 11.5. The second-order valence-electron chi connectivity index (χ2n) is 5.33. The molecule has 1 aliphatic carbocycles. The molecule has 3 rings (SSSR count). The number of aryl methyl sites for hydroxylation is 1. The SMILES string of the molecule is Cc1nnc(C2COCCN2CC2=CCCCC2)o1.